The zero-order valence-corrected chi connectivity index (χ0v) is 11.3. The second-order valence-corrected chi connectivity index (χ2v) is 5.21. The van der Waals surface area contributed by atoms with Gasteiger partial charge in [-0.1, -0.05) is 32.9 Å². The standard InChI is InChI=1S/C14H22N2O/c1-10(16-13(15)14(2,3)4)11-6-8-12(17-5)9-7-11/h6-10H,1-5H3,(H2,15,16). The van der Waals surface area contributed by atoms with Gasteiger partial charge in [0.05, 0.1) is 19.0 Å². The van der Waals surface area contributed by atoms with Crippen LogP contribution < -0.4 is 10.5 Å². The maximum atomic E-state index is 5.97. The van der Waals surface area contributed by atoms with Gasteiger partial charge < -0.3 is 10.5 Å². The third kappa shape index (κ3) is 3.77. The number of methoxy groups -OCH3 is 1. The van der Waals surface area contributed by atoms with Gasteiger partial charge in [0, 0.05) is 5.41 Å². The molecule has 0 aliphatic heterocycles. The molecule has 0 saturated heterocycles. The van der Waals surface area contributed by atoms with E-state index >= 15 is 0 Å². The highest BCUT2D eigenvalue weighted by Crippen LogP contribution is 2.22. The van der Waals surface area contributed by atoms with E-state index < -0.39 is 0 Å². The van der Waals surface area contributed by atoms with Crippen LogP contribution in [0.4, 0.5) is 0 Å². The highest BCUT2D eigenvalue weighted by Gasteiger charge is 2.16. The monoisotopic (exact) mass is 234 g/mol. The Balaban J connectivity index is 2.86. The summed E-state index contributed by atoms with van der Waals surface area (Å²) in [4.78, 5) is 4.53. The van der Waals surface area contributed by atoms with Gasteiger partial charge in [-0.05, 0) is 24.6 Å². The lowest BCUT2D eigenvalue weighted by Crippen LogP contribution is -2.29. The highest BCUT2D eigenvalue weighted by atomic mass is 16.5. The van der Waals surface area contributed by atoms with E-state index in [0.29, 0.717) is 5.84 Å². The van der Waals surface area contributed by atoms with Crippen molar-refractivity contribution in [2.45, 2.75) is 33.7 Å². The molecule has 1 aromatic rings. The normalized spacial score (nSPS) is 14.5. The predicted molar refractivity (Wildman–Crippen MR) is 72.5 cm³/mol. The number of rotatable bonds is 3. The Kier molecular flexibility index (Phi) is 4.16. The van der Waals surface area contributed by atoms with Crippen LogP contribution in [0.2, 0.25) is 0 Å². The summed E-state index contributed by atoms with van der Waals surface area (Å²) in [5.74, 6) is 1.54. The lowest BCUT2D eigenvalue weighted by molar-refractivity contribution is 0.414. The van der Waals surface area contributed by atoms with Gasteiger partial charge in [0.2, 0.25) is 0 Å². The Bertz CT molecular complexity index is 388. The van der Waals surface area contributed by atoms with Crippen molar-refractivity contribution in [2.75, 3.05) is 7.11 Å². The SMILES string of the molecule is COc1ccc(C(C)N=C(N)C(C)(C)C)cc1. The Morgan fingerprint density at radius 2 is 1.76 bits per heavy atom. The molecule has 0 bridgehead atoms. The summed E-state index contributed by atoms with van der Waals surface area (Å²) >= 11 is 0. The second-order valence-electron chi connectivity index (χ2n) is 5.21. The molecular formula is C14H22N2O. The fourth-order valence-corrected chi connectivity index (χ4v) is 1.36. The van der Waals surface area contributed by atoms with Crippen molar-refractivity contribution in [3.8, 4) is 5.75 Å². The van der Waals surface area contributed by atoms with Crippen molar-refractivity contribution < 1.29 is 4.74 Å². The molecule has 1 aromatic carbocycles. The van der Waals surface area contributed by atoms with Crippen LogP contribution in [0.1, 0.15) is 39.3 Å². The van der Waals surface area contributed by atoms with Gasteiger partial charge in [0.25, 0.3) is 0 Å². The van der Waals surface area contributed by atoms with Crippen LogP contribution in [-0.2, 0) is 0 Å². The number of benzene rings is 1. The van der Waals surface area contributed by atoms with Crippen molar-refractivity contribution >= 4 is 5.84 Å². The minimum atomic E-state index is -0.0826. The minimum absolute atomic E-state index is 0.0696. The van der Waals surface area contributed by atoms with Crippen LogP contribution in [0, 0.1) is 5.41 Å². The summed E-state index contributed by atoms with van der Waals surface area (Å²) in [6, 6.07) is 7.98. The highest BCUT2D eigenvalue weighted by molar-refractivity contribution is 5.85. The minimum Gasteiger partial charge on any atom is -0.497 e. The largest absolute Gasteiger partial charge is 0.497 e. The van der Waals surface area contributed by atoms with Gasteiger partial charge in [-0.25, -0.2) is 0 Å². The molecule has 1 atom stereocenters. The van der Waals surface area contributed by atoms with Gasteiger partial charge in [0.15, 0.2) is 0 Å². The maximum absolute atomic E-state index is 5.97. The smallest absolute Gasteiger partial charge is 0.118 e. The lowest BCUT2D eigenvalue weighted by Gasteiger charge is -2.19. The van der Waals surface area contributed by atoms with E-state index in [0.717, 1.165) is 11.3 Å². The quantitative estimate of drug-likeness (QED) is 0.645. The summed E-state index contributed by atoms with van der Waals surface area (Å²) in [5, 5.41) is 0. The average molecular weight is 234 g/mol. The third-order valence-electron chi connectivity index (χ3n) is 2.70. The summed E-state index contributed by atoms with van der Waals surface area (Å²) in [6.07, 6.45) is 0. The molecular weight excluding hydrogens is 212 g/mol. The number of ether oxygens (including phenoxy) is 1. The second kappa shape index (κ2) is 5.21. The summed E-state index contributed by atoms with van der Waals surface area (Å²) in [5.41, 5.74) is 7.02. The number of hydrogen-bond donors (Lipinski definition) is 1. The van der Waals surface area contributed by atoms with E-state index in [1.54, 1.807) is 7.11 Å². The van der Waals surface area contributed by atoms with E-state index in [1.165, 1.54) is 0 Å². The van der Waals surface area contributed by atoms with Gasteiger partial charge in [-0.15, -0.1) is 0 Å². The molecule has 0 saturated carbocycles. The summed E-state index contributed by atoms with van der Waals surface area (Å²) < 4.78 is 5.12. The lowest BCUT2D eigenvalue weighted by atomic mass is 9.95. The first-order valence-corrected chi connectivity index (χ1v) is 5.82. The number of nitrogens with zero attached hydrogens (tertiary/aromatic N) is 1. The molecule has 1 unspecified atom stereocenters. The molecule has 0 heterocycles. The van der Waals surface area contributed by atoms with E-state index in [-0.39, 0.29) is 11.5 Å². The molecule has 1 rings (SSSR count). The van der Waals surface area contributed by atoms with Crippen LogP contribution in [0.15, 0.2) is 29.3 Å². The number of amidine groups is 1. The van der Waals surface area contributed by atoms with Gasteiger partial charge in [-0.3, -0.25) is 4.99 Å². The molecule has 0 aliphatic carbocycles. The summed E-state index contributed by atoms with van der Waals surface area (Å²) in [6.45, 7) is 8.23. The number of aliphatic imine (C=N–C) groups is 1. The molecule has 3 heteroatoms. The van der Waals surface area contributed by atoms with Crippen LogP contribution in [-0.4, -0.2) is 12.9 Å². The Labute approximate surface area is 104 Å². The van der Waals surface area contributed by atoms with E-state index in [4.69, 9.17) is 10.5 Å². The van der Waals surface area contributed by atoms with Gasteiger partial charge in [0.1, 0.15) is 5.75 Å². The fraction of sp³-hybridized carbons (Fsp3) is 0.500. The molecule has 3 nitrogen and oxygen atoms in total. The van der Waals surface area contributed by atoms with E-state index in [1.807, 2.05) is 31.2 Å². The van der Waals surface area contributed by atoms with Crippen molar-refractivity contribution in [1.82, 2.24) is 0 Å². The third-order valence-corrected chi connectivity index (χ3v) is 2.70. The molecule has 0 spiro atoms. The zero-order chi connectivity index (χ0) is 13.1. The van der Waals surface area contributed by atoms with Crippen molar-refractivity contribution in [2.24, 2.45) is 16.1 Å². The van der Waals surface area contributed by atoms with Crippen molar-refractivity contribution in [3.63, 3.8) is 0 Å². The molecule has 0 radical (unpaired) electrons. The Hall–Kier alpha value is -1.51. The average Bonchev–Trinajstić information content (AvgIpc) is 2.27. The van der Waals surface area contributed by atoms with E-state index in [2.05, 4.69) is 25.8 Å². The summed E-state index contributed by atoms with van der Waals surface area (Å²) in [7, 11) is 1.66. The zero-order valence-electron chi connectivity index (χ0n) is 11.3. The Morgan fingerprint density at radius 3 is 2.18 bits per heavy atom. The maximum Gasteiger partial charge on any atom is 0.118 e. The Morgan fingerprint density at radius 1 is 1.24 bits per heavy atom. The first-order chi connectivity index (χ1) is 7.84. The van der Waals surface area contributed by atoms with Gasteiger partial charge in [-0.2, -0.15) is 0 Å². The molecule has 0 aromatic heterocycles. The first-order valence-electron chi connectivity index (χ1n) is 5.82. The molecule has 0 aliphatic rings. The van der Waals surface area contributed by atoms with Crippen LogP contribution in [0.3, 0.4) is 0 Å². The van der Waals surface area contributed by atoms with Crippen LogP contribution in [0.25, 0.3) is 0 Å². The van der Waals surface area contributed by atoms with Crippen LogP contribution in [0.5, 0.6) is 5.75 Å². The van der Waals surface area contributed by atoms with Crippen molar-refractivity contribution in [1.29, 1.82) is 0 Å². The molecule has 2 N–H and O–H groups in total. The van der Waals surface area contributed by atoms with Crippen LogP contribution >= 0.6 is 0 Å². The molecule has 0 fully saturated rings. The number of nitrogens with two attached hydrogens (primary N) is 1. The number of hydrogen-bond acceptors (Lipinski definition) is 2. The van der Waals surface area contributed by atoms with Gasteiger partial charge >= 0.3 is 0 Å². The van der Waals surface area contributed by atoms with E-state index in [9.17, 15) is 0 Å². The fourth-order valence-electron chi connectivity index (χ4n) is 1.36. The topological polar surface area (TPSA) is 47.6 Å². The first kappa shape index (κ1) is 13.6. The predicted octanol–water partition coefficient (Wildman–Crippen LogP) is 3.16. The van der Waals surface area contributed by atoms with Crippen molar-refractivity contribution in [3.05, 3.63) is 29.8 Å². The molecule has 0 amide bonds. The molecule has 17 heavy (non-hydrogen) atoms. The molecule has 94 valence electrons.